The number of ether oxygens (including phenoxy) is 2. The molecule has 0 bridgehead atoms. The van der Waals surface area contributed by atoms with Crippen LogP contribution >= 0.6 is 0 Å². The Hall–Kier alpha value is -1.26. The average Bonchev–Trinajstić information content (AvgIpc) is 2.38. The van der Waals surface area contributed by atoms with Crippen LogP contribution in [-0.4, -0.2) is 37.5 Å². The van der Waals surface area contributed by atoms with Gasteiger partial charge in [-0.3, -0.25) is 0 Å². The van der Waals surface area contributed by atoms with Gasteiger partial charge in [-0.2, -0.15) is 0 Å². The molecular formula is C15H23NO3. The molecule has 1 aliphatic rings. The first-order chi connectivity index (χ1) is 9.29. The molecule has 0 unspecified atom stereocenters. The van der Waals surface area contributed by atoms with Crippen molar-refractivity contribution in [2.45, 2.75) is 25.9 Å². The predicted octanol–water partition coefficient (Wildman–Crippen LogP) is 1.82. The Morgan fingerprint density at radius 3 is 2.53 bits per heavy atom. The Kier molecular flexibility index (Phi) is 5.48. The topological polar surface area (TPSA) is 50.7 Å². The van der Waals surface area contributed by atoms with Crippen molar-refractivity contribution in [1.82, 2.24) is 5.32 Å². The van der Waals surface area contributed by atoms with E-state index >= 15 is 0 Å². The zero-order valence-corrected chi connectivity index (χ0v) is 11.5. The van der Waals surface area contributed by atoms with E-state index in [1.165, 1.54) is 0 Å². The van der Waals surface area contributed by atoms with E-state index in [9.17, 15) is 5.11 Å². The number of para-hydroxylation sites is 2. The smallest absolute Gasteiger partial charge is 0.161 e. The van der Waals surface area contributed by atoms with Gasteiger partial charge in [-0.15, -0.1) is 0 Å². The highest BCUT2D eigenvalue weighted by molar-refractivity contribution is 5.39. The van der Waals surface area contributed by atoms with Crippen molar-refractivity contribution in [2.24, 2.45) is 5.92 Å². The van der Waals surface area contributed by atoms with Crippen LogP contribution in [0.3, 0.4) is 0 Å². The first-order valence-electron chi connectivity index (χ1n) is 7.03. The highest BCUT2D eigenvalue weighted by atomic mass is 16.5. The van der Waals surface area contributed by atoms with Crippen LogP contribution in [0, 0.1) is 5.92 Å². The van der Waals surface area contributed by atoms with Crippen LogP contribution in [0.25, 0.3) is 0 Å². The lowest BCUT2D eigenvalue weighted by Gasteiger charge is -2.31. The van der Waals surface area contributed by atoms with E-state index in [-0.39, 0.29) is 6.10 Å². The van der Waals surface area contributed by atoms with Gasteiger partial charge < -0.3 is 19.9 Å². The Labute approximate surface area is 114 Å². The fraction of sp³-hybridized carbons (Fsp3) is 0.600. The van der Waals surface area contributed by atoms with Crippen LogP contribution < -0.4 is 14.8 Å². The fourth-order valence-corrected chi connectivity index (χ4v) is 2.25. The lowest BCUT2D eigenvalue weighted by Crippen LogP contribution is -2.37. The Bertz CT molecular complexity index is 377. The monoisotopic (exact) mass is 265 g/mol. The standard InChI is InChI=1S/C15H23NO3/c1-2-18-14-5-3-4-6-15(14)19-8-7-16-11-12-9-13(17)10-12/h3-6,12-13,16-17H,2,7-11H2,1H3. The van der Waals surface area contributed by atoms with Crippen LogP contribution in [0.4, 0.5) is 0 Å². The van der Waals surface area contributed by atoms with Gasteiger partial charge in [0.2, 0.25) is 0 Å². The van der Waals surface area contributed by atoms with Gasteiger partial charge in [0.25, 0.3) is 0 Å². The summed E-state index contributed by atoms with van der Waals surface area (Å²) in [5, 5.41) is 12.5. The molecule has 1 aromatic rings. The zero-order chi connectivity index (χ0) is 13.5. The van der Waals surface area contributed by atoms with Gasteiger partial charge in [0.1, 0.15) is 6.61 Å². The van der Waals surface area contributed by atoms with Crippen LogP contribution in [0.15, 0.2) is 24.3 Å². The highest BCUT2D eigenvalue weighted by Crippen LogP contribution is 2.27. The van der Waals surface area contributed by atoms with Gasteiger partial charge in [-0.1, -0.05) is 12.1 Å². The first kappa shape index (κ1) is 14.2. The maximum Gasteiger partial charge on any atom is 0.161 e. The average molecular weight is 265 g/mol. The van der Waals surface area contributed by atoms with Gasteiger partial charge in [0.15, 0.2) is 11.5 Å². The molecule has 106 valence electrons. The summed E-state index contributed by atoms with van der Waals surface area (Å²) in [5.74, 6) is 2.23. The molecule has 0 aliphatic heterocycles. The van der Waals surface area contributed by atoms with Crippen LogP contribution in [-0.2, 0) is 0 Å². The number of nitrogens with one attached hydrogen (secondary N) is 1. The summed E-state index contributed by atoms with van der Waals surface area (Å²) in [7, 11) is 0. The molecule has 4 heteroatoms. The zero-order valence-electron chi connectivity index (χ0n) is 11.5. The lowest BCUT2D eigenvalue weighted by molar-refractivity contribution is 0.0428. The second-order valence-corrected chi connectivity index (χ2v) is 4.92. The number of hydrogen-bond donors (Lipinski definition) is 2. The Morgan fingerprint density at radius 2 is 1.89 bits per heavy atom. The molecule has 1 aliphatic carbocycles. The molecular weight excluding hydrogens is 242 g/mol. The van der Waals surface area contributed by atoms with E-state index in [1.807, 2.05) is 31.2 Å². The Morgan fingerprint density at radius 1 is 1.21 bits per heavy atom. The SMILES string of the molecule is CCOc1ccccc1OCCNCC1CC(O)C1. The largest absolute Gasteiger partial charge is 0.490 e. The van der Waals surface area contributed by atoms with E-state index in [4.69, 9.17) is 9.47 Å². The predicted molar refractivity (Wildman–Crippen MR) is 74.7 cm³/mol. The third kappa shape index (κ3) is 4.40. The van der Waals surface area contributed by atoms with Crippen molar-refractivity contribution in [3.8, 4) is 11.5 Å². The molecule has 1 fully saturated rings. The van der Waals surface area contributed by atoms with Gasteiger partial charge in [-0.05, 0) is 44.4 Å². The molecule has 0 radical (unpaired) electrons. The molecule has 4 nitrogen and oxygen atoms in total. The third-order valence-electron chi connectivity index (χ3n) is 3.33. The second-order valence-electron chi connectivity index (χ2n) is 4.92. The maximum absolute atomic E-state index is 9.18. The van der Waals surface area contributed by atoms with Crippen molar-refractivity contribution >= 4 is 0 Å². The molecule has 2 rings (SSSR count). The van der Waals surface area contributed by atoms with Crippen molar-refractivity contribution < 1.29 is 14.6 Å². The Balaban J connectivity index is 1.62. The van der Waals surface area contributed by atoms with Gasteiger partial charge in [-0.25, -0.2) is 0 Å². The van der Waals surface area contributed by atoms with E-state index in [0.717, 1.165) is 37.4 Å². The molecule has 0 saturated heterocycles. The summed E-state index contributed by atoms with van der Waals surface area (Å²) in [6.07, 6.45) is 1.79. The lowest BCUT2D eigenvalue weighted by atomic mass is 9.82. The number of benzene rings is 1. The summed E-state index contributed by atoms with van der Waals surface area (Å²) >= 11 is 0. The van der Waals surface area contributed by atoms with E-state index in [0.29, 0.717) is 19.1 Å². The third-order valence-corrected chi connectivity index (χ3v) is 3.33. The normalized spacial score (nSPS) is 21.8. The van der Waals surface area contributed by atoms with E-state index < -0.39 is 0 Å². The fourth-order valence-electron chi connectivity index (χ4n) is 2.25. The maximum atomic E-state index is 9.18. The summed E-state index contributed by atoms with van der Waals surface area (Å²) in [6.45, 7) is 5.01. The van der Waals surface area contributed by atoms with Crippen molar-refractivity contribution in [3.63, 3.8) is 0 Å². The quantitative estimate of drug-likeness (QED) is 0.704. The molecule has 0 atom stereocenters. The molecule has 1 aromatic carbocycles. The number of aliphatic hydroxyl groups excluding tert-OH is 1. The summed E-state index contributed by atoms with van der Waals surface area (Å²) < 4.78 is 11.2. The number of hydrogen-bond acceptors (Lipinski definition) is 4. The minimum Gasteiger partial charge on any atom is -0.490 e. The number of rotatable bonds is 8. The molecule has 0 amide bonds. The van der Waals surface area contributed by atoms with Crippen molar-refractivity contribution in [2.75, 3.05) is 26.3 Å². The van der Waals surface area contributed by atoms with Gasteiger partial charge in [0.05, 0.1) is 12.7 Å². The summed E-state index contributed by atoms with van der Waals surface area (Å²) in [6, 6.07) is 7.73. The first-order valence-corrected chi connectivity index (χ1v) is 7.03. The van der Waals surface area contributed by atoms with Crippen LogP contribution in [0.1, 0.15) is 19.8 Å². The minimum atomic E-state index is -0.0684. The molecule has 19 heavy (non-hydrogen) atoms. The summed E-state index contributed by atoms with van der Waals surface area (Å²) in [5.41, 5.74) is 0. The molecule has 2 N–H and O–H groups in total. The molecule has 0 spiro atoms. The number of aliphatic hydroxyl groups is 1. The van der Waals surface area contributed by atoms with Crippen molar-refractivity contribution in [3.05, 3.63) is 24.3 Å². The van der Waals surface area contributed by atoms with Gasteiger partial charge in [0, 0.05) is 6.54 Å². The van der Waals surface area contributed by atoms with E-state index in [1.54, 1.807) is 0 Å². The van der Waals surface area contributed by atoms with Crippen LogP contribution in [0.2, 0.25) is 0 Å². The van der Waals surface area contributed by atoms with Crippen LogP contribution in [0.5, 0.6) is 11.5 Å². The van der Waals surface area contributed by atoms with Gasteiger partial charge >= 0.3 is 0 Å². The van der Waals surface area contributed by atoms with E-state index in [2.05, 4.69) is 5.32 Å². The molecule has 0 aromatic heterocycles. The molecule has 1 saturated carbocycles. The second kappa shape index (κ2) is 7.36. The molecule has 0 heterocycles. The van der Waals surface area contributed by atoms with Crippen molar-refractivity contribution in [1.29, 1.82) is 0 Å². The minimum absolute atomic E-state index is 0.0684. The highest BCUT2D eigenvalue weighted by Gasteiger charge is 2.26. The summed E-state index contributed by atoms with van der Waals surface area (Å²) in [4.78, 5) is 0.